The van der Waals surface area contributed by atoms with Gasteiger partial charge in [-0.15, -0.1) is 0 Å². The molecule has 5 nitrogen and oxygen atoms in total. The van der Waals surface area contributed by atoms with Gasteiger partial charge >= 0.3 is 6.03 Å². The molecule has 0 aromatic carbocycles. The molecule has 0 aliphatic carbocycles. The van der Waals surface area contributed by atoms with Gasteiger partial charge in [0.2, 0.25) is 0 Å². The van der Waals surface area contributed by atoms with Crippen LogP contribution < -0.4 is 5.73 Å². The first-order valence-corrected chi connectivity index (χ1v) is 6.44. The third-order valence-corrected chi connectivity index (χ3v) is 3.80. The van der Waals surface area contributed by atoms with Crippen LogP contribution in [0.2, 0.25) is 0 Å². The van der Waals surface area contributed by atoms with Crippen LogP contribution in [0.4, 0.5) is 4.79 Å². The third kappa shape index (κ3) is 2.72. The van der Waals surface area contributed by atoms with E-state index in [4.69, 9.17) is 10.5 Å². The van der Waals surface area contributed by atoms with Crippen LogP contribution in [-0.4, -0.2) is 61.3 Å². The number of ether oxygens (including phenoxy) is 1. The average Bonchev–Trinajstić information content (AvgIpc) is 2.58. The maximum atomic E-state index is 12.1. The fourth-order valence-corrected chi connectivity index (χ4v) is 2.86. The molecule has 0 bridgehead atoms. The molecule has 0 radical (unpaired) electrons. The lowest BCUT2D eigenvalue weighted by Gasteiger charge is -2.30. The lowest BCUT2D eigenvalue weighted by atomic mass is 9.91. The standard InChI is InChI=1S/C12H23N3O2/c1-9(13)7-15-8-11(14(2)12(15)16)10-3-5-17-6-4-10/h9-11H,3-8,13H2,1-2H3. The quantitative estimate of drug-likeness (QED) is 0.782. The molecule has 17 heavy (non-hydrogen) atoms. The summed E-state index contributed by atoms with van der Waals surface area (Å²) in [7, 11) is 1.91. The smallest absolute Gasteiger partial charge is 0.320 e. The van der Waals surface area contributed by atoms with E-state index < -0.39 is 0 Å². The molecule has 0 spiro atoms. The van der Waals surface area contributed by atoms with E-state index in [1.54, 1.807) is 0 Å². The number of carbonyl (C=O) groups excluding carboxylic acids is 1. The number of nitrogens with two attached hydrogens (primary N) is 1. The zero-order chi connectivity index (χ0) is 12.4. The minimum Gasteiger partial charge on any atom is -0.381 e. The van der Waals surface area contributed by atoms with Crippen molar-refractivity contribution >= 4 is 6.03 Å². The number of hydrogen-bond donors (Lipinski definition) is 1. The third-order valence-electron chi connectivity index (χ3n) is 3.80. The summed E-state index contributed by atoms with van der Waals surface area (Å²) in [5.41, 5.74) is 5.77. The monoisotopic (exact) mass is 241 g/mol. The summed E-state index contributed by atoms with van der Waals surface area (Å²) in [6.07, 6.45) is 2.13. The van der Waals surface area contributed by atoms with E-state index in [-0.39, 0.29) is 12.1 Å². The van der Waals surface area contributed by atoms with Gasteiger partial charge in [0.05, 0.1) is 6.04 Å². The van der Waals surface area contributed by atoms with Crippen molar-refractivity contribution in [1.82, 2.24) is 9.80 Å². The Morgan fingerprint density at radius 3 is 2.71 bits per heavy atom. The zero-order valence-corrected chi connectivity index (χ0v) is 10.8. The molecule has 2 aliphatic rings. The van der Waals surface area contributed by atoms with Crippen LogP contribution >= 0.6 is 0 Å². The van der Waals surface area contributed by atoms with E-state index >= 15 is 0 Å². The predicted octanol–water partition coefficient (Wildman–Crippen LogP) is 0.496. The molecule has 5 heteroatoms. The topological polar surface area (TPSA) is 58.8 Å². The van der Waals surface area contributed by atoms with Gasteiger partial charge in [-0.1, -0.05) is 0 Å². The lowest BCUT2D eigenvalue weighted by Crippen LogP contribution is -2.38. The first-order valence-electron chi connectivity index (χ1n) is 6.44. The summed E-state index contributed by atoms with van der Waals surface area (Å²) in [4.78, 5) is 15.8. The minimum atomic E-state index is 0.0424. The number of likely N-dealkylation sites (N-methyl/N-ethyl adjacent to an activating group) is 1. The summed E-state index contributed by atoms with van der Waals surface area (Å²) in [5, 5.41) is 0. The van der Waals surface area contributed by atoms with E-state index in [0.717, 1.165) is 32.6 Å². The first kappa shape index (κ1) is 12.6. The van der Waals surface area contributed by atoms with E-state index in [1.165, 1.54) is 0 Å². The molecule has 2 fully saturated rings. The summed E-state index contributed by atoms with van der Waals surface area (Å²) in [5.74, 6) is 0.579. The van der Waals surface area contributed by atoms with E-state index in [9.17, 15) is 4.79 Å². The van der Waals surface area contributed by atoms with Gasteiger partial charge in [-0.25, -0.2) is 4.79 Å². The first-order chi connectivity index (χ1) is 8.09. The molecule has 2 saturated heterocycles. The molecule has 2 atom stereocenters. The van der Waals surface area contributed by atoms with Crippen LogP contribution in [0.25, 0.3) is 0 Å². The fourth-order valence-electron chi connectivity index (χ4n) is 2.86. The van der Waals surface area contributed by atoms with Crippen molar-refractivity contribution < 1.29 is 9.53 Å². The number of nitrogens with zero attached hydrogens (tertiary/aromatic N) is 2. The average molecular weight is 241 g/mol. The molecule has 0 aromatic rings. The van der Waals surface area contributed by atoms with Gasteiger partial charge in [0, 0.05) is 39.4 Å². The highest BCUT2D eigenvalue weighted by molar-refractivity contribution is 5.77. The summed E-state index contributed by atoms with van der Waals surface area (Å²) >= 11 is 0. The number of carbonyl (C=O) groups is 1. The second kappa shape index (κ2) is 5.23. The second-order valence-electron chi connectivity index (χ2n) is 5.29. The van der Waals surface area contributed by atoms with Gasteiger partial charge in [-0.2, -0.15) is 0 Å². The molecule has 2 N–H and O–H groups in total. The maximum Gasteiger partial charge on any atom is 0.320 e. The number of urea groups is 1. The molecular formula is C12H23N3O2. The molecule has 0 aromatic heterocycles. The van der Waals surface area contributed by atoms with Gasteiger partial charge in [0.1, 0.15) is 0 Å². The van der Waals surface area contributed by atoms with Crippen LogP contribution in [0.3, 0.4) is 0 Å². The SMILES string of the molecule is CC(N)CN1CC(C2CCOCC2)N(C)C1=O. The normalized spacial score (nSPS) is 28.9. The van der Waals surface area contributed by atoms with Gasteiger partial charge in [-0.05, 0) is 25.7 Å². The fraction of sp³-hybridized carbons (Fsp3) is 0.917. The Hall–Kier alpha value is -0.810. The molecule has 2 unspecified atom stereocenters. The van der Waals surface area contributed by atoms with Crippen molar-refractivity contribution in [2.45, 2.75) is 31.8 Å². The largest absolute Gasteiger partial charge is 0.381 e. The van der Waals surface area contributed by atoms with Crippen LogP contribution in [-0.2, 0) is 4.74 Å². The van der Waals surface area contributed by atoms with Gasteiger partial charge in [0.25, 0.3) is 0 Å². The summed E-state index contributed by atoms with van der Waals surface area (Å²) < 4.78 is 5.38. The van der Waals surface area contributed by atoms with Crippen LogP contribution in [0.1, 0.15) is 19.8 Å². The maximum absolute atomic E-state index is 12.1. The molecule has 2 aliphatic heterocycles. The zero-order valence-electron chi connectivity index (χ0n) is 10.8. The summed E-state index contributed by atoms with van der Waals surface area (Å²) in [6, 6.07) is 0.504. The van der Waals surface area contributed by atoms with E-state index in [2.05, 4.69) is 0 Å². The Kier molecular flexibility index (Phi) is 3.89. The van der Waals surface area contributed by atoms with Crippen LogP contribution in [0.5, 0.6) is 0 Å². The van der Waals surface area contributed by atoms with Crippen molar-refractivity contribution in [2.75, 3.05) is 33.4 Å². The molecule has 98 valence electrons. The van der Waals surface area contributed by atoms with Gasteiger partial charge in [0.15, 0.2) is 0 Å². The van der Waals surface area contributed by atoms with Crippen molar-refractivity contribution in [3.05, 3.63) is 0 Å². The highest BCUT2D eigenvalue weighted by Gasteiger charge is 2.39. The highest BCUT2D eigenvalue weighted by Crippen LogP contribution is 2.27. The highest BCUT2D eigenvalue weighted by atomic mass is 16.5. The van der Waals surface area contributed by atoms with Crippen LogP contribution in [0, 0.1) is 5.92 Å². The lowest BCUT2D eigenvalue weighted by molar-refractivity contribution is 0.0452. The molecule has 2 rings (SSSR count). The number of hydrogen-bond acceptors (Lipinski definition) is 3. The Morgan fingerprint density at radius 2 is 2.12 bits per heavy atom. The molecule has 2 heterocycles. The van der Waals surface area contributed by atoms with Crippen molar-refractivity contribution in [3.8, 4) is 0 Å². The Morgan fingerprint density at radius 1 is 1.47 bits per heavy atom. The second-order valence-corrected chi connectivity index (χ2v) is 5.29. The van der Waals surface area contributed by atoms with Gasteiger partial charge in [-0.3, -0.25) is 0 Å². The minimum absolute atomic E-state index is 0.0424. The Bertz CT molecular complexity index is 277. The predicted molar refractivity (Wildman–Crippen MR) is 65.7 cm³/mol. The van der Waals surface area contributed by atoms with Crippen molar-refractivity contribution in [2.24, 2.45) is 11.7 Å². The molecule has 2 amide bonds. The number of rotatable bonds is 3. The van der Waals surface area contributed by atoms with E-state index in [0.29, 0.717) is 18.5 Å². The Labute approximate surface area is 103 Å². The van der Waals surface area contributed by atoms with Crippen molar-refractivity contribution in [3.63, 3.8) is 0 Å². The Balaban J connectivity index is 1.97. The van der Waals surface area contributed by atoms with E-state index in [1.807, 2.05) is 23.8 Å². The number of amides is 2. The van der Waals surface area contributed by atoms with Gasteiger partial charge < -0.3 is 20.3 Å². The van der Waals surface area contributed by atoms with Crippen molar-refractivity contribution in [1.29, 1.82) is 0 Å². The molecular weight excluding hydrogens is 218 g/mol. The molecule has 0 saturated carbocycles. The van der Waals surface area contributed by atoms with Crippen LogP contribution in [0.15, 0.2) is 0 Å². The summed E-state index contributed by atoms with van der Waals surface area (Å²) in [6.45, 7) is 5.08.